The Hall–Kier alpha value is -3.56. The molecule has 2 amide bonds. The van der Waals surface area contributed by atoms with Gasteiger partial charge >= 0.3 is 0 Å². The minimum atomic E-state index is -0.192. The Labute approximate surface area is 214 Å². The van der Waals surface area contributed by atoms with Crippen molar-refractivity contribution in [1.82, 2.24) is 14.8 Å². The molecule has 3 heterocycles. The van der Waals surface area contributed by atoms with Crippen LogP contribution in [0.3, 0.4) is 0 Å². The van der Waals surface area contributed by atoms with Crippen LogP contribution in [0.1, 0.15) is 6.42 Å². The van der Waals surface area contributed by atoms with Gasteiger partial charge in [0.2, 0.25) is 11.8 Å². The third-order valence-electron chi connectivity index (χ3n) is 6.80. The number of nitrogens with one attached hydrogen (secondary N) is 1. The van der Waals surface area contributed by atoms with Crippen molar-refractivity contribution in [3.05, 3.63) is 60.1 Å². The van der Waals surface area contributed by atoms with E-state index in [0.29, 0.717) is 44.8 Å². The molecule has 36 heavy (non-hydrogen) atoms. The maximum atomic E-state index is 12.9. The zero-order valence-electron chi connectivity index (χ0n) is 19.8. The second kappa shape index (κ2) is 10.6. The van der Waals surface area contributed by atoms with Gasteiger partial charge < -0.3 is 24.6 Å². The number of carbonyl (C=O) groups is 2. The van der Waals surface area contributed by atoms with Gasteiger partial charge in [-0.2, -0.15) is 0 Å². The smallest absolute Gasteiger partial charge is 0.236 e. The number of benzene rings is 2. The molecule has 0 radical (unpaired) electrons. The Morgan fingerprint density at radius 1 is 1.08 bits per heavy atom. The number of piperazine rings is 1. The van der Waals surface area contributed by atoms with Crippen molar-refractivity contribution in [3.63, 3.8) is 0 Å². The molecule has 3 aromatic rings. The van der Waals surface area contributed by atoms with Crippen molar-refractivity contribution in [2.24, 2.45) is 5.92 Å². The number of phenolic OH excluding ortho intramolecular Hbond substituents is 1. The van der Waals surface area contributed by atoms with Crippen LogP contribution < -0.4 is 10.2 Å². The van der Waals surface area contributed by atoms with Crippen LogP contribution in [0.5, 0.6) is 5.75 Å². The molecule has 0 spiro atoms. The number of anilines is 2. The number of rotatable bonds is 6. The van der Waals surface area contributed by atoms with E-state index in [1.807, 2.05) is 21.9 Å². The highest BCUT2D eigenvalue weighted by molar-refractivity contribution is 6.32. The van der Waals surface area contributed by atoms with Crippen molar-refractivity contribution < 1.29 is 19.1 Å². The summed E-state index contributed by atoms with van der Waals surface area (Å²) >= 11 is 5.92. The number of likely N-dealkylation sites (tertiary alicyclic amines) is 1. The highest BCUT2D eigenvalue weighted by atomic mass is 35.5. The molecule has 0 aliphatic carbocycles. The van der Waals surface area contributed by atoms with E-state index in [4.69, 9.17) is 16.0 Å². The molecular formula is C26H28ClN5O4. The molecule has 2 aliphatic rings. The number of carbonyl (C=O) groups excluding carboxylic acids is 2. The lowest BCUT2D eigenvalue weighted by Crippen LogP contribution is -2.51. The fraction of sp³-hybridized carbons (Fsp3) is 0.346. The number of nitrogens with zero attached hydrogens (tertiary/aromatic N) is 4. The van der Waals surface area contributed by atoms with Crippen LogP contribution in [0, 0.1) is 5.92 Å². The maximum absolute atomic E-state index is 12.9. The van der Waals surface area contributed by atoms with Gasteiger partial charge in [-0.15, -0.1) is 0 Å². The minimum Gasteiger partial charge on any atom is -0.506 e. The van der Waals surface area contributed by atoms with Crippen LogP contribution >= 0.6 is 11.6 Å². The average molecular weight is 510 g/mol. The molecule has 10 heteroatoms. The van der Waals surface area contributed by atoms with E-state index < -0.39 is 0 Å². The quantitative estimate of drug-likeness (QED) is 0.491. The Balaban J connectivity index is 1.07. The van der Waals surface area contributed by atoms with E-state index in [-0.39, 0.29) is 28.5 Å². The predicted octanol–water partition coefficient (Wildman–Crippen LogP) is 3.31. The van der Waals surface area contributed by atoms with Crippen LogP contribution in [0.25, 0.3) is 11.3 Å². The SMILES string of the molecule is O=C(Nc1ccc(O)c(Cl)c1)[C@@H]1CCN(CC(=O)N2CCN(c3ccc(-c4cnco4)cc3)CC2)C1. The molecular weight excluding hydrogens is 482 g/mol. The third-order valence-corrected chi connectivity index (χ3v) is 7.10. The molecule has 5 rings (SSSR count). The number of oxazole rings is 1. The lowest BCUT2D eigenvalue weighted by atomic mass is 10.1. The molecule has 0 bridgehead atoms. The number of halogens is 1. The number of hydrogen-bond donors (Lipinski definition) is 2. The second-order valence-electron chi connectivity index (χ2n) is 9.16. The van der Waals surface area contributed by atoms with Gasteiger partial charge in [-0.1, -0.05) is 11.6 Å². The third kappa shape index (κ3) is 5.47. The lowest BCUT2D eigenvalue weighted by Gasteiger charge is -2.36. The van der Waals surface area contributed by atoms with Crippen molar-refractivity contribution in [2.75, 3.05) is 56.0 Å². The standard InChI is InChI=1S/C26H28ClN5O4/c27-22-13-20(3-6-23(22)33)29-26(35)19-7-8-30(15-19)16-25(34)32-11-9-31(10-12-32)21-4-1-18(2-5-21)24-14-28-17-36-24/h1-6,13-14,17,19,33H,7-12,15-16H2,(H,29,35)/t19-/m1/s1. The van der Waals surface area contributed by atoms with Gasteiger partial charge in [0, 0.05) is 49.7 Å². The number of aromatic hydroxyl groups is 1. The first-order chi connectivity index (χ1) is 17.5. The summed E-state index contributed by atoms with van der Waals surface area (Å²) in [5, 5.41) is 12.6. The summed E-state index contributed by atoms with van der Waals surface area (Å²) in [4.78, 5) is 35.8. The highest BCUT2D eigenvalue weighted by Crippen LogP contribution is 2.27. The average Bonchev–Trinajstić information content (AvgIpc) is 3.59. The molecule has 1 aromatic heterocycles. The molecule has 188 valence electrons. The van der Waals surface area contributed by atoms with E-state index in [9.17, 15) is 14.7 Å². The Kier molecular flexibility index (Phi) is 7.11. The molecule has 0 unspecified atom stereocenters. The molecule has 0 saturated carbocycles. The van der Waals surface area contributed by atoms with Gasteiger partial charge in [0.05, 0.1) is 23.7 Å². The molecule has 2 aromatic carbocycles. The number of aromatic nitrogens is 1. The molecule has 2 fully saturated rings. The predicted molar refractivity (Wildman–Crippen MR) is 137 cm³/mol. The first-order valence-corrected chi connectivity index (χ1v) is 12.4. The second-order valence-corrected chi connectivity index (χ2v) is 9.56. The molecule has 1 atom stereocenters. The largest absolute Gasteiger partial charge is 0.506 e. The molecule has 2 saturated heterocycles. The topological polar surface area (TPSA) is 102 Å². The summed E-state index contributed by atoms with van der Waals surface area (Å²) in [6, 6.07) is 12.8. The van der Waals surface area contributed by atoms with Gasteiger partial charge in [0.15, 0.2) is 12.2 Å². The highest BCUT2D eigenvalue weighted by Gasteiger charge is 2.31. The molecule has 2 N–H and O–H groups in total. The number of hydrogen-bond acceptors (Lipinski definition) is 7. The summed E-state index contributed by atoms with van der Waals surface area (Å²) in [6.07, 6.45) is 3.81. The van der Waals surface area contributed by atoms with Gasteiger partial charge in [0.1, 0.15) is 5.75 Å². The van der Waals surface area contributed by atoms with Gasteiger partial charge in [-0.3, -0.25) is 14.5 Å². The Morgan fingerprint density at radius 2 is 1.86 bits per heavy atom. The van der Waals surface area contributed by atoms with Gasteiger partial charge in [-0.05, 0) is 55.4 Å². The summed E-state index contributed by atoms with van der Waals surface area (Å²) < 4.78 is 5.35. The van der Waals surface area contributed by atoms with E-state index >= 15 is 0 Å². The first kappa shape index (κ1) is 24.1. The first-order valence-electron chi connectivity index (χ1n) is 12.0. The van der Waals surface area contributed by atoms with E-state index in [0.717, 1.165) is 30.1 Å². The lowest BCUT2D eigenvalue weighted by molar-refractivity contribution is -0.132. The monoisotopic (exact) mass is 509 g/mol. The maximum Gasteiger partial charge on any atom is 0.236 e. The van der Waals surface area contributed by atoms with E-state index in [1.165, 1.54) is 18.5 Å². The summed E-state index contributed by atoms with van der Waals surface area (Å²) in [5.41, 5.74) is 2.64. The van der Waals surface area contributed by atoms with Gasteiger partial charge in [-0.25, -0.2) is 4.98 Å². The normalized spacial score (nSPS) is 18.4. The fourth-order valence-corrected chi connectivity index (χ4v) is 4.90. The zero-order chi connectivity index (χ0) is 25.1. The summed E-state index contributed by atoms with van der Waals surface area (Å²) in [5.74, 6) is 0.517. The van der Waals surface area contributed by atoms with Crippen LogP contribution in [0.4, 0.5) is 11.4 Å². The summed E-state index contributed by atoms with van der Waals surface area (Å²) in [7, 11) is 0. The van der Waals surface area contributed by atoms with Crippen molar-refractivity contribution in [2.45, 2.75) is 6.42 Å². The summed E-state index contributed by atoms with van der Waals surface area (Å²) in [6.45, 7) is 4.45. The molecule has 2 aliphatic heterocycles. The minimum absolute atomic E-state index is 0.0261. The number of amides is 2. The van der Waals surface area contributed by atoms with E-state index in [1.54, 1.807) is 12.3 Å². The van der Waals surface area contributed by atoms with Crippen molar-refractivity contribution in [1.29, 1.82) is 0 Å². The zero-order valence-corrected chi connectivity index (χ0v) is 20.5. The van der Waals surface area contributed by atoms with E-state index in [2.05, 4.69) is 27.3 Å². The Bertz CT molecular complexity index is 1210. The van der Waals surface area contributed by atoms with Crippen LogP contribution in [0.15, 0.2) is 59.5 Å². The van der Waals surface area contributed by atoms with Crippen molar-refractivity contribution >= 4 is 34.8 Å². The Morgan fingerprint density at radius 3 is 2.56 bits per heavy atom. The molecule has 9 nitrogen and oxygen atoms in total. The fourth-order valence-electron chi connectivity index (χ4n) is 4.72. The number of phenols is 1. The van der Waals surface area contributed by atoms with Crippen LogP contribution in [-0.2, 0) is 9.59 Å². The van der Waals surface area contributed by atoms with Crippen LogP contribution in [-0.4, -0.2) is 77.5 Å². The van der Waals surface area contributed by atoms with Gasteiger partial charge in [0.25, 0.3) is 0 Å². The van der Waals surface area contributed by atoms with Crippen LogP contribution in [0.2, 0.25) is 5.02 Å². The van der Waals surface area contributed by atoms with Crippen molar-refractivity contribution in [3.8, 4) is 17.1 Å².